The Morgan fingerprint density at radius 1 is 0.920 bits per heavy atom. The lowest BCUT2D eigenvalue weighted by molar-refractivity contribution is -0.390. The molecule has 0 aliphatic rings. The summed E-state index contributed by atoms with van der Waals surface area (Å²) in [5.74, 6) is 0. The van der Waals surface area contributed by atoms with Crippen LogP contribution in [0.3, 0.4) is 0 Å². The highest BCUT2D eigenvalue weighted by Crippen LogP contribution is 2.45. The van der Waals surface area contributed by atoms with Crippen LogP contribution in [0.2, 0.25) is 0 Å². The predicted molar refractivity (Wildman–Crippen MR) is 85.8 cm³/mol. The number of nitrogens with zero attached hydrogens (tertiary/aromatic N) is 5. The van der Waals surface area contributed by atoms with Crippen molar-refractivity contribution in [1.82, 2.24) is 0 Å². The van der Waals surface area contributed by atoms with Crippen molar-refractivity contribution in [2.24, 2.45) is 0 Å². The van der Waals surface area contributed by atoms with Crippen molar-refractivity contribution in [2.45, 2.75) is 0 Å². The molecule has 0 fully saturated rings. The number of allylic oxidation sites excluding steroid dienone is 1. The molecule has 0 spiro atoms. The van der Waals surface area contributed by atoms with Crippen LogP contribution >= 0.6 is 22.7 Å². The molecule has 0 atom stereocenters. The highest BCUT2D eigenvalue weighted by Gasteiger charge is 2.31. The van der Waals surface area contributed by atoms with E-state index in [9.17, 15) is 30.3 Å². The predicted octanol–water partition coefficient (Wildman–Crippen LogP) is 3.38. The van der Waals surface area contributed by atoms with Gasteiger partial charge in [-0.15, -0.1) is 0 Å². The molecule has 0 radical (unpaired) electrons. The summed E-state index contributed by atoms with van der Waals surface area (Å²) in [6, 6.07) is 6.18. The second-order valence-electron chi connectivity index (χ2n) is 4.18. The van der Waals surface area contributed by atoms with Gasteiger partial charge in [-0.1, -0.05) is 22.7 Å². The Bertz CT molecular complexity index is 1010. The molecule has 124 valence electrons. The van der Waals surface area contributed by atoms with E-state index in [-0.39, 0.29) is 20.3 Å². The molecule has 2 aromatic rings. The summed E-state index contributed by atoms with van der Waals surface area (Å²) < 4.78 is 0. The molecule has 2 heterocycles. The molecular weight excluding hydrogens is 374 g/mol. The highest BCUT2D eigenvalue weighted by molar-refractivity contribution is 7.19. The Morgan fingerprint density at radius 2 is 1.52 bits per heavy atom. The normalized spacial score (nSPS) is 9.68. The van der Waals surface area contributed by atoms with E-state index in [4.69, 9.17) is 10.5 Å². The SMILES string of the molecule is N#CC(C#N)=C(c1ccc([N+](=O)[O-])s1)c1sc([N+](=O)[O-])cc1[N+](=O)[O-]. The second-order valence-corrected chi connectivity index (χ2v) is 6.27. The zero-order valence-corrected chi connectivity index (χ0v) is 13.4. The maximum atomic E-state index is 11.2. The molecule has 0 amide bonds. The third kappa shape index (κ3) is 3.32. The van der Waals surface area contributed by atoms with Crippen molar-refractivity contribution < 1.29 is 14.8 Å². The van der Waals surface area contributed by atoms with Crippen molar-refractivity contribution in [3.05, 3.63) is 63.9 Å². The van der Waals surface area contributed by atoms with Gasteiger partial charge in [0.1, 0.15) is 28.7 Å². The Labute approximate surface area is 145 Å². The van der Waals surface area contributed by atoms with E-state index in [1.165, 1.54) is 6.07 Å². The standard InChI is InChI=1S/C12H3N5O6S2/c13-4-6(5-14)11(8-1-2-9(24-8)16(20)21)12-7(15(18)19)3-10(25-12)17(22)23/h1-3H. The average Bonchev–Trinajstić information content (AvgIpc) is 3.19. The topological polar surface area (TPSA) is 177 Å². The van der Waals surface area contributed by atoms with Gasteiger partial charge in [-0.25, -0.2) is 0 Å². The molecule has 0 saturated carbocycles. The fourth-order valence-electron chi connectivity index (χ4n) is 1.82. The molecule has 0 aromatic carbocycles. The molecule has 0 saturated heterocycles. The minimum Gasteiger partial charge on any atom is -0.258 e. The van der Waals surface area contributed by atoms with Crippen LogP contribution in [0.4, 0.5) is 15.7 Å². The molecule has 0 bridgehead atoms. The molecule has 0 unspecified atom stereocenters. The molecule has 13 heteroatoms. The van der Waals surface area contributed by atoms with Crippen molar-refractivity contribution in [1.29, 1.82) is 10.5 Å². The lowest BCUT2D eigenvalue weighted by atomic mass is 10.1. The van der Waals surface area contributed by atoms with Crippen LogP contribution in [0, 0.1) is 53.0 Å². The van der Waals surface area contributed by atoms with Crippen LogP contribution in [0.25, 0.3) is 5.57 Å². The first-order chi connectivity index (χ1) is 11.8. The van der Waals surface area contributed by atoms with E-state index in [1.807, 2.05) is 0 Å². The van der Waals surface area contributed by atoms with E-state index >= 15 is 0 Å². The van der Waals surface area contributed by atoms with E-state index in [2.05, 4.69) is 0 Å². The quantitative estimate of drug-likeness (QED) is 0.432. The lowest BCUT2D eigenvalue weighted by Gasteiger charge is -2.01. The largest absolute Gasteiger partial charge is 0.331 e. The van der Waals surface area contributed by atoms with Gasteiger partial charge in [-0.05, 0) is 6.07 Å². The van der Waals surface area contributed by atoms with Crippen molar-refractivity contribution in [3.63, 3.8) is 0 Å². The zero-order valence-electron chi connectivity index (χ0n) is 11.7. The molecule has 11 nitrogen and oxygen atoms in total. The number of rotatable bonds is 5. The van der Waals surface area contributed by atoms with E-state index in [1.54, 1.807) is 12.1 Å². The summed E-state index contributed by atoms with van der Waals surface area (Å²) >= 11 is 1.01. The Hall–Kier alpha value is -3.68. The highest BCUT2D eigenvalue weighted by atomic mass is 32.1. The van der Waals surface area contributed by atoms with Crippen molar-refractivity contribution in [3.8, 4) is 12.1 Å². The molecule has 0 aliphatic heterocycles. The molecule has 2 rings (SSSR count). The first-order valence-electron chi connectivity index (χ1n) is 6.02. The first-order valence-corrected chi connectivity index (χ1v) is 7.65. The Balaban J connectivity index is 2.83. The second kappa shape index (κ2) is 6.83. The first kappa shape index (κ1) is 17.7. The van der Waals surface area contributed by atoms with Crippen LogP contribution in [0.15, 0.2) is 23.8 Å². The zero-order chi connectivity index (χ0) is 18.7. The van der Waals surface area contributed by atoms with E-state index in [0.29, 0.717) is 28.7 Å². The van der Waals surface area contributed by atoms with Gasteiger partial charge in [0.05, 0.1) is 14.8 Å². The number of nitriles is 2. The van der Waals surface area contributed by atoms with Gasteiger partial charge in [-0.3, -0.25) is 30.3 Å². The van der Waals surface area contributed by atoms with E-state index in [0.717, 1.165) is 6.07 Å². The van der Waals surface area contributed by atoms with E-state index < -0.39 is 31.0 Å². The average molecular weight is 377 g/mol. The molecule has 0 N–H and O–H groups in total. The maximum absolute atomic E-state index is 11.2. The molecule has 0 aliphatic carbocycles. The van der Waals surface area contributed by atoms with Crippen molar-refractivity contribution in [2.75, 3.05) is 0 Å². The van der Waals surface area contributed by atoms with Crippen LogP contribution in [0.1, 0.15) is 9.75 Å². The number of nitro groups is 3. The smallest absolute Gasteiger partial charge is 0.258 e. The fourth-order valence-corrected chi connectivity index (χ4v) is 3.77. The number of hydrogen-bond acceptors (Lipinski definition) is 10. The number of thiophene rings is 2. The fraction of sp³-hybridized carbons (Fsp3) is 0. The summed E-state index contributed by atoms with van der Waals surface area (Å²) in [7, 11) is 0. The van der Waals surface area contributed by atoms with Crippen LogP contribution in [0.5, 0.6) is 0 Å². The number of hydrogen-bond donors (Lipinski definition) is 0. The van der Waals surface area contributed by atoms with Gasteiger partial charge < -0.3 is 0 Å². The summed E-state index contributed by atoms with van der Waals surface area (Å²) in [6.07, 6.45) is 0. The van der Waals surface area contributed by atoms with Gasteiger partial charge in [0.25, 0.3) is 5.69 Å². The summed E-state index contributed by atoms with van der Waals surface area (Å²) in [4.78, 5) is 30.3. The molecule has 2 aromatic heterocycles. The minimum absolute atomic E-state index is 0.0460. The van der Waals surface area contributed by atoms with Crippen LogP contribution in [-0.2, 0) is 0 Å². The van der Waals surface area contributed by atoms with Gasteiger partial charge in [0, 0.05) is 16.5 Å². The minimum atomic E-state index is -0.882. The maximum Gasteiger partial charge on any atom is 0.331 e. The van der Waals surface area contributed by atoms with Crippen LogP contribution in [-0.4, -0.2) is 14.8 Å². The Morgan fingerprint density at radius 3 is 1.96 bits per heavy atom. The van der Waals surface area contributed by atoms with Gasteiger partial charge in [0.15, 0.2) is 0 Å². The summed E-state index contributed by atoms with van der Waals surface area (Å²) in [5.41, 5.74) is -1.45. The van der Waals surface area contributed by atoms with Crippen molar-refractivity contribution >= 4 is 43.9 Å². The lowest BCUT2D eigenvalue weighted by Crippen LogP contribution is -1.93. The third-order valence-corrected chi connectivity index (χ3v) is 4.94. The van der Waals surface area contributed by atoms with Gasteiger partial charge in [-0.2, -0.15) is 10.5 Å². The van der Waals surface area contributed by atoms with Crippen LogP contribution < -0.4 is 0 Å². The summed E-state index contributed by atoms with van der Waals surface area (Å²) in [6.45, 7) is 0. The molecule has 25 heavy (non-hydrogen) atoms. The Kier molecular flexibility index (Phi) is 4.83. The third-order valence-electron chi connectivity index (χ3n) is 2.79. The molecular formula is C12H3N5O6S2. The monoisotopic (exact) mass is 377 g/mol. The summed E-state index contributed by atoms with van der Waals surface area (Å²) in [5, 5.41) is 50.3. The van der Waals surface area contributed by atoms with Gasteiger partial charge in [0.2, 0.25) is 0 Å². The van der Waals surface area contributed by atoms with Gasteiger partial charge >= 0.3 is 10.0 Å².